The van der Waals surface area contributed by atoms with Gasteiger partial charge in [-0.25, -0.2) is 0 Å². The summed E-state index contributed by atoms with van der Waals surface area (Å²) in [7, 11) is 4.95. The number of hydrogen-bond acceptors (Lipinski definition) is 4. The van der Waals surface area contributed by atoms with E-state index in [0.29, 0.717) is 23.8 Å². The van der Waals surface area contributed by atoms with Crippen LogP contribution in [0.3, 0.4) is 0 Å². The molecule has 5 heteroatoms. The van der Waals surface area contributed by atoms with E-state index in [2.05, 4.69) is 0 Å². The van der Waals surface area contributed by atoms with Crippen molar-refractivity contribution < 1.29 is 19.0 Å². The molecule has 0 aliphatic carbocycles. The van der Waals surface area contributed by atoms with Gasteiger partial charge in [0.15, 0.2) is 6.61 Å². The number of fused-ring (bicyclic) bond motifs is 1. The quantitative estimate of drug-likeness (QED) is 0.637. The molecule has 27 heavy (non-hydrogen) atoms. The molecule has 3 rings (SSSR count). The first-order valence-corrected chi connectivity index (χ1v) is 8.67. The van der Waals surface area contributed by atoms with Crippen LogP contribution in [0.2, 0.25) is 0 Å². The number of rotatable bonds is 7. The van der Waals surface area contributed by atoms with E-state index in [-0.39, 0.29) is 12.5 Å². The summed E-state index contributed by atoms with van der Waals surface area (Å²) >= 11 is 0. The fourth-order valence-electron chi connectivity index (χ4n) is 2.84. The van der Waals surface area contributed by atoms with Crippen molar-refractivity contribution in [2.24, 2.45) is 0 Å². The maximum atomic E-state index is 12.4. The Balaban J connectivity index is 1.61. The van der Waals surface area contributed by atoms with E-state index in [9.17, 15) is 4.79 Å². The first kappa shape index (κ1) is 18.6. The van der Waals surface area contributed by atoms with Gasteiger partial charge in [0.25, 0.3) is 5.91 Å². The predicted molar refractivity (Wildman–Crippen MR) is 105 cm³/mol. The molecule has 1 amide bonds. The van der Waals surface area contributed by atoms with E-state index in [1.807, 2.05) is 54.6 Å². The number of amides is 1. The van der Waals surface area contributed by atoms with E-state index >= 15 is 0 Å². The van der Waals surface area contributed by atoms with Crippen molar-refractivity contribution in [1.82, 2.24) is 4.90 Å². The Hall–Kier alpha value is -3.21. The van der Waals surface area contributed by atoms with Gasteiger partial charge in [-0.2, -0.15) is 0 Å². The predicted octanol–water partition coefficient (Wildman–Crippen LogP) is 3.89. The highest BCUT2D eigenvalue weighted by atomic mass is 16.5. The zero-order chi connectivity index (χ0) is 19.2. The normalized spacial score (nSPS) is 10.5. The molecular formula is C22H23NO4. The van der Waals surface area contributed by atoms with Gasteiger partial charge in [-0.3, -0.25) is 4.79 Å². The molecule has 5 nitrogen and oxygen atoms in total. The van der Waals surface area contributed by atoms with Crippen LogP contribution in [0, 0.1) is 0 Å². The number of carbonyl (C=O) groups is 1. The minimum Gasteiger partial charge on any atom is -0.497 e. The maximum Gasteiger partial charge on any atom is 0.260 e. The average molecular weight is 365 g/mol. The van der Waals surface area contributed by atoms with Crippen molar-refractivity contribution in [2.45, 2.75) is 6.54 Å². The van der Waals surface area contributed by atoms with E-state index in [1.165, 1.54) is 0 Å². The highest BCUT2D eigenvalue weighted by Gasteiger charge is 2.13. The van der Waals surface area contributed by atoms with Gasteiger partial charge in [0.05, 0.1) is 14.2 Å². The highest BCUT2D eigenvalue weighted by Crippen LogP contribution is 2.25. The molecular weight excluding hydrogens is 342 g/mol. The summed E-state index contributed by atoms with van der Waals surface area (Å²) < 4.78 is 16.3. The van der Waals surface area contributed by atoms with Crippen LogP contribution in [0.5, 0.6) is 17.2 Å². The van der Waals surface area contributed by atoms with Crippen molar-refractivity contribution in [1.29, 1.82) is 0 Å². The van der Waals surface area contributed by atoms with Crippen molar-refractivity contribution in [3.05, 3.63) is 66.2 Å². The highest BCUT2D eigenvalue weighted by molar-refractivity contribution is 5.84. The molecule has 0 bridgehead atoms. The molecule has 0 aliphatic rings. The fraction of sp³-hybridized carbons (Fsp3) is 0.227. The Kier molecular flexibility index (Phi) is 5.81. The molecule has 0 spiro atoms. The lowest BCUT2D eigenvalue weighted by atomic mass is 10.1. The van der Waals surface area contributed by atoms with Gasteiger partial charge in [0.1, 0.15) is 17.2 Å². The Morgan fingerprint density at radius 1 is 0.889 bits per heavy atom. The van der Waals surface area contributed by atoms with Crippen molar-refractivity contribution >= 4 is 16.7 Å². The van der Waals surface area contributed by atoms with Crippen LogP contribution >= 0.6 is 0 Å². The molecule has 0 unspecified atom stereocenters. The maximum absolute atomic E-state index is 12.4. The standard InChI is InChI=1S/C22H23NO4/c1-23(14-18-9-10-19(25-2)13-21(18)26-3)22(24)15-27-20-11-8-16-6-4-5-7-17(16)12-20/h4-13H,14-15H2,1-3H3. The fourth-order valence-corrected chi connectivity index (χ4v) is 2.84. The van der Waals surface area contributed by atoms with Crippen LogP contribution in [0.1, 0.15) is 5.56 Å². The number of nitrogens with zero attached hydrogens (tertiary/aromatic N) is 1. The first-order chi connectivity index (χ1) is 13.1. The van der Waals surface area contributed by atoms with Gasteiger partial charge < -0.3 is 19.1 Å². The summed E-state index contributed by atoms with van der Waals surface area (Å²) in [6.07, 6.45) is 0. The minimum atomic E-state index is -0.110. The van der Waals surface area contributed by atoms with Crippen molar-refractivity contribution in [3.63, 3.8) is 0 Å². The molecule has 0 radical (unpaired) electrons. The lowest BCUT2D eigenvalue weighted by Gasteiger charge is -2.19. The SMILES string of the molecule is COc1ccc(CN(C)C(=O)COc2ccc3ccccc3c2)c(OC)c1. The number of carbonyl (C=O) groups excluding carboxylic acids is 1. The van der Waals surface area contributed by atoms with Crippen LogP contribution in [0.25, 0.3) is 10.8 Å². The molecule has 3 aromatic carbocycles. The molecule has 0 saturated heterocycles. The number of ether oxygens (including phenoxy) is 3. The summed E-state index contributed by atoms with van der Waals surface area (Å²) in [5.41, 5.74) is 0.903. The van der Waals surface area contributed by atoms with Gasteiger partial charge in [-0.05, 0) is 35.0 Å². The second kappa shape index (κ2) is 8.45. The second-order valence-corrected chi connectivity index (χ2v) is 6.23. The zero-order valence-corrected chi connectivity index (χ0v) is 15.8. The van der Waals surface area contributed by atoms with Crippen LogP contribution in [-0.4, -0.2) is 38.7 Å². The summed E-state index contributed by atoms with van der Waals surface area (Å²) in [6, 6.07) is 19.4. The molecule has 0 aromatic heterocycles. The van der Waals surface area contributed by atoms with Gasteiger partial charge in [0, 0.05) is 25.2 Å². The third-order valence-corrected chi connectivity index (χ3v) is 4.41. The Labute approximate surface area is 159 Å². The summed E-state index contributed by atoms with van der Waals surface area (Å²) in [5, 5.41) is 2.22. The second-order valence-electron chi connectivity index (χ2n) is 6.23. The topological polar surface area (TPSA) is 48.0 Å². The molecule has 0 saturated carbocycles. The Morgan fingerprint density at radius 3 is 2.37 bits per heavy atom. The summed E-state index contributed by atoms with van der Waals surface area (Å²) in [5.74, 6) is 1.96. The number of benzene rings is 3. The van der Waals surface area contributed by atoms with Gasteiger partial charge in [0.2, 0.25) is 0 Å². The lowest BCUT2D eigenvalue weighted by molar-refractivity contribution is -0.132. The molecule has 3 aromatic rings. The first-order valence-electron chi connectivity index (χ1n) is 8.67. The minimum absolute atomic E-state index is 0.0205. The van der Waals surface area contributed by atoms with Gasteiger partial charge in [-0.1, -0.05) is 30.3 Å². The van der Waals surface area contributed by atoms with Crippen molar-refractivity contribution in [3.8, 4) is 17.2 Å². The molecule has 0 N–H and O–H groups in total. The van der Waals surface area contributed by atoms with Gasteiger partial charge >= 0.3 is 0 Å². The van der Waals surface area contributed by atoms with Crippen LogP contribution in [0.4, 0.5) is 0 Å². The van der Waals surface area contributed by atoms with Crippen LogP contribution < -0.4 is 14.2 Å². The molecule has 0 aliphatic heterocycles. The Morgan fingerprint density at radius 2 is 1.63 bits per heavy atom. The number of hydrogen-bond donors (Lipinski definition) is 0. The van der Waals surface area contributed by atoms with Crippen LogP contribution in [0.15, 0.2) is 60.7 Å². The van der Waals surface area contributed by atoms with E-state index in [1.54, 1.807) is 32.2 Å². The largest absolute Gasteiger partial charge is 0.497 e. The summed E-state index contributed by atoms with van der Waals surface area (Å²) in [4.78, 5) is 14.1. The molecule has 0 fully saturated rings. The zero-order valence-electron chi connectivity index (χ0n) is 15.8. The van der Waals surface area contributed by atoms with Crippen LogP contribution in [-0.2, 0) is 11.3 Å². The van der Waals surface area contributed by atoms with Gasteiger partial charge in [-0.15, -0.1) is 0 Å². The molecule has 0 atom stereocenters. The third-order valence-electron chi connectivity index (χ3n) is 4.41. The lowest BCUT2D eigenvalue weighted by Crippen LogP contribution is -2.31. The average Bonchev–Trinajstić information content (AvgIpc) is 2.72. The third kappa shape index (κ3) is 4.50. The van der Waals surface area contributed by atoms with E-state index < -0.39 is 0 Å². The number of likely N-dealkylation sites (N-methyl/N-ethyl adjacent to an activating group) is 1. The van der Waals surface area contributed by atoms with E-state index in [4.69, 9.17) is 14.2 Å². The molecule has 140 valence electrons. The smallest absolute Gasteiger partial charge is 0.260 e. The molecule has 0 heterocycles. The monoisotopic (exact) mass is 365 g/mol. The summed E-state index contributed by atoms with van der Waals surface area (Å²) in [6.45, 7) is 0.403. The Bertz CT molecular complexity index is 938. The van der Waals surface area contributed by atoms with Crippen molar-refractivity contribution in [2.75, 3.05) is 27.9 Å². The van der Waals surface area contributed by atoms with E-state index in [0.717, 1.165) is 16.3 Å². The number of methoxy groups -OCH3 is 2.